The van der Waals surface area contributed by atoms with Crippen molar-refractivity contribution in [2.75, 3.05) is 24.5 Å². The van der Waals surface area contributed by atoms with E-state index in [9.17, 15) is 4.79 Å². The summed E-state index contributed by atoms with van der Waals surface area (Å²) in [6.45, 7) is 4.46. The molecule has 106 valence electrons. The van der Waals surface area contributed by atoms with Gasteiger partial charge in [-0.05, 0) is 19.1 Å². The van der Waals surface area contributed by atoms with Gasteiger partial charge in [-0.25, -0.2) is 0 Å². The van der Waals surface area contributed by atoms with Gasteiger partial charge in [-0.15, -0.1) is 0 Å². The number of carbonyl (C=O) groups is 1. The van der Waals surface area contributed by atoms with Crippen molar-refractivity contribution in [3.63, 3.8) is 0 Å². The number of rotatable bonds is 3. The van der Waals surface area contributed by atoms with Gasteiger partial charge in [0.1, 0.15) is 5.76 Å². The number of aryl methyl sites for hydroxylation is 2. The summed E-state index contributed by atoms with van der Waals surface area (Å²) in [6, 6.07) is 5.71. The first-order chi connectivity index (χ1) is 9.61. The number of hydrogen-bond donors (Lipinski definition) is 0. The van der Waals surface area contributed by atoms with Gasteiger partial charge >= 0.3 is 0 Å². The van der Waals surface area contributed by atoms with Crippen molar-refractivity contribution in [1.29, 1.82) is 0 Å². The Kier molecular flexibility index (Phi) is 3.31. The van der Waals surface area contributed by atoms with Crippen LogP contribution in [0.4, 0.5) is 5.88 Å². The molecule has 2 aromatic rings. The van der Waals surface area contributed by atoms with Crippen LogP contribution in [-0.4, -0.2) is 40.2 Å². The number of nitrogens with zero attached hydrogens (tertiary/aromatic N) is 4. The van der Waals surface area contributed by atoms with Gasteiger partial charge in [-0.1, -0.05) is 0 Å². The van der Waals surface area contributed by atoms with Crippen LogP contribution < -0.4 is 4.90 Å². The Bertz CT molecular complexity index is 616. The number of aromatic nitrogens is 2. The average Bonchev–Trinajstić information content (AvgIpc) is 2.99. The lowest BCUT2D eigenvalue weighted by Gasteiger charge is -2.32. The van der Waals surface area contributed by atoms with Crippen molar-refractivity contribution in [2.24, 2.45) is 7.05 Å². The van der Waals surface area contributed by atoms with E-state index in [1.807, 2.05) is 38.4 Å². The normalized spacial score (nSPS) is 16.9. The van der Waals surface area contributed by atoms with Gasteiger partial charge < -0.3 is 4.42 Å². The van der Waals surface area contributed by atoms with Crippen LogP contribution in [0.3, 0.4) is 0 Å². The summed E-state index contributed by atoms with van der Waals surface area (Å²) in [7, 11) is 1.89. The van der Waals surface area contributed by atoms with Gasteiger partial charge in [-0.3, -0.25) is 19.3 Å². The van der Waals surface area contributed by atoms with Crippen LogP contribution in [-0.2, 0) is 18.4 Å². The predicted molar refractivity (Wildman–Crippen MR) is 74.3 cm³/mol. The molecule has 0 N–H and O–H groups in total. The van der Waals surface area contributed by atoms with Crippen LogP contribution in [0.15, 0.2) is 28.8 Å². The zero-order chi connectivity index (χ0) is 14.1. The Morgan fingerprint density at radius 3 is 2.75 bits per heavy atom. The molecule has 1 saturated heterocycles. The predicted octanol–water partition coefficient (Wildman–Crippen LogP) is 1.17. The van der Waals surface area contributed by atoms with Crippen molar-refractivity contribution in [1.82, 2.24) is 14.7 Å². The van der Waals surface area contributed by atoms with Crippen LogP contribution in [0.25, 0.3) is 0 Å². The maximum absolute atomic E-state index is 12.2. The molecular weight excluding hydrogens is 256 g/mol. The highest BCUT2D eigenvalue weighted by Crippen LogP contribution is 2.20. The number of amides is 1. The Morgan fingerprint density at radius 1 is 1.30 bits per heavy atom. The number of furan rings is 1. The number of hydrogen-bond acceptors (Lipinski definition) is 4. The fourth-order valence-electron chi connectivity index (χ4n) is 2.43. The highest BCUT2D eigenvalue weighted by Gasteiger charge is 2.27. The number of anilines is 1. The molecule has 2 aromatic heterocycles. The zero-order valence-electron chi connectivity index (χ0n) is 11.7. The van der Waals surface area contributed by atoms with Crippen molar-refractivity contribution in [3.05, 3.63) is 35.9 Å². The van der Waals surface area contributed by atoms with E-state index in [0.717, 1.165) is 18.0 Å². The standard InChI is InChI=1S/C14H18N4O2/c1-11-3-4-14(20-11)18-8-7-17(10-13(18)19)9-12-5-6-16(2)15-12/h3-6H,7-10H2,1-2H3. The van der Waals surface area contributed by atoms with E-state index in [4.69, 9.17) is 4.42 Å². The first-order valence-corrected chi connectivity index (χ1v) is 6.69. The summed E-state index contributed by atoms with van der Waals surface area (Å²) < 4.78 is 7.30. The largest absolute Gasteiger partial charge is 0.445 e. The lowest BCUT2D eigenvalue weighted by molar-refractivity contribution is -0.121. The molecular formula is C14H18N4O2. The number of piperazine rings is 1. The lowest BCUT2D eigenvalue weighted by Crippen LogP contribution is -2.50. The van der Waals surface area contributed by atoms with Crippen LogP contribution in [0.1, 0.15) is 11.5 Å². The smallest absolute Gasteiger partial charge is 0.243 e. The molecule has 1 fully saturated rings. The average molecular weight is 274 g/mol. The highest BCUT2D eigenvalue weighted by atomic mass is 16.4. The Balaban J connectivity index is 1.63. The topological polar surface area (TPSA) is 54.5 Å². The van der Waals surface area contributed by atoms with Crippen LogP contribution in [0.5, 0.6) is 0 Å². The monoisotopic (exact) mass is 274 g/mol. The van der Waals surface area contributed by atoms with E-state index in [-0.39, 0.29) is 5.91 Å². The van der Waals surface area contributed by atoms with Crippen molar-refractivity contribution >= 4 is 11.8 Å². The highest BCUT2D eigenvalue weighted by molar-refractivity contribution is 5.94. The van der Waals surface area contributed by atoms with Gasteiger partial charge in [0.2, 0.25) is 11.8 Å². The van der Waals surface area contributed by atoms with Gasteiger partial charge in [-0.2, -0.15) is 5.10 Å². The minimum Gasteiger partial charge on any atom is -0.445 e. The molecule has 0 unspecified atom stereocenters. The van der Waals surface area contributed by atoms with Gasteiger partial charge in [0.05, 0.1) is 12.2 Å². The minimum absolute atomic E-state index is 0.0709. The number of carbonyl (C=O) groups excluding carboxylic acids is 1. The fourth-order valence-corrected chi connectivity index (χ4v) is 2.43. The molecule has 0 aromatic carbocycles. The molecule has 20 heavy (non-hydrogen) atoms. The molecule has 6 heteroatoms. The first-order valence-electron chi connectivity index (χ1n) is 6.69. The first kappa shape index (κ1) is 12.9. The summed E-state index contributed by atoms with van der Waals surface area (Å²) in [4.78, 5) is 16.0. The van der Waals surface area contributed by atoms with E-state index in [1.54, 1.807) is 9.58 Å². The molecule has 3 heterocycles. The van der Waals surface area contributed by atoms with Gasteiger partial charge in [0.25, 0.3) is 0 Å². The molecule has 1 aliphatic heterocycles. The quantitative estimate of drug-likeness (QED) is 0.843. The Morgan fingerprint density at radius 2 is 2.15 bits per heavy atom. The third-order valence-corrected chi connectivity index (χ3v) is 3.45. The van der Waals surface area contributed by atoms with Crippen LogP contribution in [0.2, 0.25) is 0 Å². The molecule has 0 atom stereocenters. The summed E-state index contributed by atoms with van der Waals surface area (Å²) in [5.41, 5.74) is 0.989. The van der Waals surface area contributed by atoms with Crippen LogP contribution in [0, 0.1) is 6.92 Å². The Labute approximate surface area is 117 Å². The summed E-state index contributed by atoms with van der Waals surface area (Å²) in [5, 5.41) is 4.34. The van der Waals surface area contributed by atoms with Gasteiger partial charge in [0.15, 0.2) is 0 Å². The van der Waals surface area contributed by atoms with Crippen molar-refractivity contribution < 1.29 is 9.21 Å². The van der Waals surface area contributed by atoms with E-state index >= 15 is 0 Å². The second kappa shape index (κ2) is 5.13. The maximum atomic E-state index is 12.2. The molecule has 6 nitrogen and oxygen atoms in total. The van der Waals surface area contributed by atoms with Gasteiger partial charge in [0, 0.05) is 38.9 Å². The van der Waals surface area contributed by atoms with Crippen molar-refractivity contribution in [2.45, 2.75) is 13.5 Å². The Hall–Kier alpha value is -2.08. The van der Waals surface area contributed by atoms with E-state index in [0.29, 0.717) is 25.5 Å². The third kappa shape index (κ3) is 2.60. The molecule has 1 aliphatic rings. The third-order valence-electron chi connectivity index (χ3n) is 3.45. The minimum atomic E-state index is 0.0709. The molecule has 0 saturated carbocycles. The molecule has 0 aliphatic carbocycles. The second-order valence-corrected chi connectivity index (χ2v) is 5.12. The van der Waals surface area contributed by atoms with E-state index in [2.05, 4.69) is 10.00 Å². The molecule has 1 amide bonds. The summed E-state index contributed by atoms with van der Waals surface area (Å²) in [6.07, 6.45) is 1.92. The maximum Gasteiger partial charge on any atom is 0.243 e. The summed E-state index contributed by atoms with van der Waals surface area (Å²) >= 11 is 0. The molecule has 0 bridgehead atoms. The molecule has 0 radical (unpaired) electrons. The SMILES string of the molecule is Cc1ccc(N2CCN(Cc3ccn(C)n3)CC2=O)o1. The van der Waals surface area contributed by atoms with E-state index in [1.165, 1.54) is 0 Å². The van der Waals surface area contributed by atoms with Crippen LogP contribution >= 0.6 is 0 Å². The molecule has 0 spiro atoms. The fraction of sp³-hybridized carbons (Fsp3) is 0.429. The zero-order valence-corrected chi connectivity index (χ0v) is 11.7. The lowest BCUT2D eigenvalue weighted by atomic mass is 10.3. The molecule has 3 rings (SSSR count). The summed E-state index contributed by atoms with van der Waals surface area (Å²) in [5.74, 6) is 1.54. The van der Waals surface area contributed by atoms with E-state index < -0.39 is 0 Å². The second-order valence-electron chi connectivity index (χ2n) is 5.12. The van der Waals surface area contributed by atoms with Crippen molar-refractivity contribution in [3.8, 4) is 0 Å².